The summed E-state index contributed by atoms with van der Waals surface area (Å²) in [6.07, 6.45) is 0.943. The second kappa shape index (κ2) is 9.89. The highest BCUT2D eigenvalue weighted by molar-refractivity contribution is 7.12. The quantitative estimate of drug-likeness (QED) is 0.570. The Bertz CT molecular complexity index is 853. The fourth-order valence-electron chi connectivity index (χ4n) is 2.60. The maximum atomic E-state index is 12.4. The molecule has 1 saturated heterocycles. The van der Waals surface area contributed by atoms with E-state index in [1.807, 2.05) is 5.38 Å². The molecule has 0 aliphatic carbocycles. The van der Waals surface area contributed by atoms with E-state index in [-0.39, 0.29) is 11.7 Å². The average Bonchev–Trinajstić information content (AvgIpc) is 3.30. The molecule has 0 unspecified atom stereocenters. The number of carbonyl (C=O) groups is 2. The van der Waals surface area contributed by atoms with Crippen molar-refractivity contribution in [2.24, 2.45) is 5.10 Å². The van der Waals surface area contributed by atoms with Crippen LogP contribution in [0.2, 0.25) is 0 Å². The number of benzene rings is 1. The Labute approximate surface area is 171 Å². The van der Waals surface area contributed by atoms with Gasteiger partial charge < -0.3 is 23.8 Å². The van der Waals surface area contributed by atoms with Gasteiger partial charge in [-0.25, -0.2) is 10.2 Å². The molecule has 0 radical (unpaired) electrons. The Morgan fingerprint density at radius 2 is 1.90 bits per heavy atom. The maximum Gasteiger partial charge on any atom is 0.415 e. The lowest BCUT2D eigenvalue weighted by atomic mass is 10.2. The molecule has 0 saturated carbocycles. The number of nitrogens with one attached hydrogen (secondary N) is 1. The van der Waals surface area contributed by atoms with Gasteiger partial charge in [0.15, 0.2) is 11.5 Å². The van der Waals surface area contributed by atoms with Gasteiger partial charge in [-0.15, -0.1) is 11.3 Å². The maximum absolute atomic E-state index is 12.4. The van der Waals surface area contributed by atoms with Crippen LogP contribution >= 0.6 is 11.3 Å². The van der Waals surface area contributed by atoms with Gasteiger partial charge in [-0.3, -0.25) is 4.79 Å². The summed E-state index contributed by atoms with van der Waals surface area (Å²) in [6.45, 7) is 1.85. The molecule has 1 N–H and O–H groups in total. The van der Waals surface area contributed by atoms with Crippen LogP contribution in [0.1, 0.15) is 15.2 Å². The van der Waals surface area contributed by atoms with E-state index in [1.165, 1.54) is 31.8 Å². The highest BCUT2D eigenvalue weighted by Crippen LogP contribution is 2.38. The van der Waals surface area contributed by atoms with Crippen LogP contribution in [0.4, 0.5) is 4.79 Å². The first kappa shape index (κ1) is 20.6. The molecule has 1 fully saturated rings. The van der Waals surface area contributed by atoms with E-state index in [2.05, 4.69) is 10.5 Å². The first-order valence-corrected chi connectivity index (χ1v) is 9.67. The van der Waals surface area contributed by atoms with E-state index in [0.29, 0.717) is 48.2 Å². The van der Waals surface area contributed by atoms with E-state index in [9.17, 15) is 9.59 Å². The minimum Gasteiger partial charge on any atom is -0.493 e. The first-order chi connectivity index (χ1) is 14.1. The molecule has 1 aromatic heterocycles. The predicted molar refractivity (Wildman–Crippen MR) is 107 cm³/mol. The number of hydrazone groups is 1. The van der Waals surface area contributed by atoms with Crippen LogP contribution in [0.25, 0.3) is 0 Å². The highest BCUT2D eigenvalue weighted by Gasteiger charge is 2.23. The molecule has 2 aromatic rings. The fourth-order valence-corrected chi connectivity index (χ4v) is 3.21. The number of hydrogen-bond donors (Lipinski definition) is 1. The van der Waals surface area contributed by atoms with Gasteiger partial charge in [0.05, 0.1) is 38.5 Å². The zero-order valence-electron chi connectivity index (χ0n) is 16.0. The van der Waals surface area contributed by atoms with Crippen molar-refractivity contribution >= 4 is 29.6 Å². The van der Waals surface area contributed by atoms with Crippen LogP contribution in [-0.4, -0.2) is 63.6 Å². The van der Waals surface area contributed by atoms with Crippen LogP contribution in [0.15, 0.2) is 34.7 Å². The van der Waals surface area contributed by atoms with E-state index >= 15 is 0 Å². The van der Waals surface area contributed by atoms with Gasteiger partial charge in [0, 0.05) is 18.7 Å². The number of ether oxygens (including phenoxy) is 4. The van der Waals surface area contributed by atoms with Crippen molar-refractivity contribution in [3.8, 4) is 17.2 Å². The number of morpholine rings is 1. The van der Waals surface area contributed by atoms with Gasteiger partial charge in [0.2, 0.25) is 5.75 Å². The zero-order chi connectivity index (χ0) is 20.6. The molecule has 0 spiro atoms. The first-order valence-electron chi connectivity index (χ1n) is 8.80. The summed E-state index contributed by atoms with van der Waals surface area (Å²) < 4.78 is 21.5. The fraction of sp³-hybridized carbons (Fsp3) is 0.316. The lowest BCUT2D eigenvalue weighted by Crippen LogP contribution is -2.42. The Hall–Kier alpha value is -3.11. The molecule has 0 bridgehead atoms. The summed E-state index contributed by atoms with van der Waals surface area (Å²) in [5.41, 5.74) is 3.05. The highest BCUT2D eigenvalue weighted by atomic mass is 32.1. The molecule has 2 amide bonds. The summed E-state index contributed by atoms with van der Waals surface area (Å²) in [4.78, 5) is 26.5. The Kier molecular flexibility index (Phi) is 7.04. The standard InChI is InChI=1S/C19H21N3O6S/c1-25-14-10-13(12-20-21-18(23)16-4-3-9-29-16)11-15(26-2)17(14)28-19(24)22-5-7-27-8-6-22/h3-4,9-12H,5-8H2,1-2H3,(H,21,23). The van der Waals surface area contributed by atoms with Crippen molar-refractivity contribution in [2.45, 2.75) is 0 Å². The third-order valence-electron chi connectivity index (χ3n) is 4.07. The third kappa shape index (κ3) is 5.24. The number of carbonyl (C=O) groups excluding carboxylic acids is 2. The Morgan fingerprint density at radius 3 is 2.48 bits per heavy atom. The van der Waals surface area contributed by atoms with Crippen LogP contribution in [-0.2, 0) is 4.74 Å². The number of amides is 2. The summed E-state index contributed by atoms with van der Waals surface area (Å²) >= 11 is 1.32. The van der Waals surface area contributed by atoms with Crippen LogP contribution in [0.5, 0.6) is 17.2 Å². The molecular weight excluding hydrogens is 398 g/mol. The molecule has 154 valence electrons. The second-order valence-electron chi connectivity index (χ2n) is 5.90. The number of nitrogens with zero attached hydrogens (tertiary/aromatic N) is 2. The largest absolute Gasteiger partial charge is 0.493 e. The number of thiophene rings is 1. The van der Waals surface area contributed by atoms with Gasteiger partial charge >= 0.3 is 6.09 Å². The van der Waals surface area contributed by atoms with Gasteiger partial charge in [-0.1, -0.05) is 6.07 Å². The summed E-state index contributed by atoms with van der Waals surface area (Å²) in [6, 6.07) is 6.76. The molecule has 9 nitrogen and oxygen atoms in total. The molecule has 2 heterocycles. The lowest BCUT2D eigenvalue weighted by Gasteiger charge is -2.26. The van der Waals surface area contributed by atoms with Crippen molar-refractivity contribution in [1.29, 1.82) is 0 Å². The minimum absolute atomic E-state index is 0.172. The number of hydrogen-bond acceptors (Lipinski definition) is 8. The second-order valence-corrected chi connectivity index (χ2v) is 6.85. The van der Waals surface area contributed by atoms with Crippen LogP contribution in [0, 0.1) is 0 Å². The lowest BCUT2D eigenvalue weighted by molar-refractivity contribution is 0.0411. The molecule has 0 atom stereocenters. The summed E-state index contributed by atoms with van der Waals surface area (Å²) in [5.74, 6) is 0.478. The molecule has 1 aromatic carbocycles. The Morgan fingerprint density at radius 1 is 1.21 bits per heavy atom. The smallest absolute Gasteiger partial charge is 0.415 e. The Balaban J connectivity index is 1.74. The van der Waals surface area contributed by atoms with Gasteiger partial charge in [0.25, 0.3) is 5.91 Å². The van der Waals surface area contributed by atoms with E-state index < -0.39 is 6.09 Å². The average molecular weight is 419 g/mol. The van der Waals surface area contributed by atoms with Crippen molar-refractivity contribution in [1.82, 2.24) is 10.3 Å². The van der Waals surface area contributed by atoms with Crippen LogP contribution in [0.3, 0.4) is 0 Å². The molecule has 3 rings (SSSR count). The van der Waals surface area contributed by atoms with Gasteiger partial charge in [-0.2, -0.15) is 5.10 Å². The topological polar surface area (TPSA) is 98.7 Å². The van der Waals surface area contributed by atoms with Crippen molar-refractivity contribution in [3.05, 3.63) is 40.1 Å². The van der Waals surface area contributed by atoms with E-state index in [4.69, 9.17) is 18.9 Å². The number of rotatable bonds is 6. The molecule has 29 heavy (non-hydrogen) atoms. The SMILES string of the molecule is COc1cc(C=NNC(=O)c2cccs2)cc(OC)c1OC(=O)N1CCOCC1. The van der Waals surface area contributed by atoms with Gasteiger partial charge in [-0.05, 0) is 23.6 Å². The van der Waals surface area contributed by atoms with E-state index in [0.717, 1.165) is 0 Å². The van der Waals surface area contributed by atoms with Crippen molar-refractivity contribution in [2.75, 3.05) is 40.5 Å². The molecule has 1 aliphatic heterocycles. The molecule has 1 aliphatic rings. The number of methoxy groups -OCH3 is 2. The van der Waals surface area contributed by atoms with Crippen molar-refractivity contribution < 1.29 is 28.5 Å². The molecule has 10 heteroatoms. The minimum atomic E-state index is -0.505. The normalized spacial score (nSPS) is 13.9. The third-order valence-corrected chi connectivity index (χ3v) is 4.93. The monoisotopic (exact) mass is 419 g/mol. The molecular formula is C19H21N3O6S. The van der Waals surface area contributed by atoms with Gasteiger partial charge in [0.1, 0.15) is 0 Å². The summed E-state index contributed by atoms with van der Waals surface area (Å²) in [5, 5.41) is 5.76. The predicted octanol–water partition coefficient (Wildman–Crippen LogP) is 2.36. The van der Waals surface area contributed by atoms with Crippen molar-refractivity contribution in [3.63, 3.8) is 0 Å². The summed E-state index contributed by atoms with van der Waals surface area (Å²) in [7, 11) is 2.92. The zero-order valence-corrected chi connectivity index (χ0v) is 16.9. The van der Waals surface area contributed by atoms with Crippen LogP contribution < -0.4 is 19.6 Å². The van der Waals surface area contributed by atoms with E-state index in [1.54, 1.807) is 29.2 Å².